The van der Waals surface area contributed by atoms with Crippen LogP contribution in [-0.2, 0) is 30.4 Å². The smallest absolute Gasteiger partial charge is 0.336 e. The van der Waals surface area contributed by atoms with Crippen LogP contribution in [0.3, 0.4) is 0 Å². The minimum Gasteiger partial charge on any atom is -0.481 e. The Kier molecular flexibility index (Phi) is 9.39. The number of hydrogen-bond acceptors (Lipinski definition) is 9. The van der Waals surface area contributed by atoms with E-state index >= 15 is 0 Å². The van der Waals surface area contributed by atoms with Gasteiger partial charge in [-0.2, -0.15) is 0 Å². The molecular formula is C31H32N4O8. The Balaban J connectivity index is 1.55. The molecule has 0 fully saturated rings. The van der Waals surface area contributed by atoms with Gasteiger partial charge in [0.1, 0.15) is 5.41 Å². The number of carboxylic acids is 1. The molecule has 0 saturated heterocycles. The molecule has 43 heavy (non-hydrogen) atoms. The number of rotatable bonds is 11. The molecule has 1 aliphatic rings. The van der Waals surface area contributed by atoms with Crippen LogP contribution in [-0.4, -0.2) is 57.2 Å². The van der Waals surface area contributed by atoms with Crippen molar-refractivity contribution in [3.8, 4) is 0 Å². The van der Waals surface area contributed by atoms with Crippen molar-refractivity contribution in [3.05, 3.63) is 111 Å². The van der Waals surface area contributed by atoms with Gasteiger partial charge in [-0.05, 0) is 36.6 Å². The van der Waals surface area contributed by atoms with Crippen LogP contribution in [0.2, 0.25) is 0 Å². The number of nitrogens with zero attached hydrogens (tertiary/aromatic N) is 3. The fourth-order valence-corrected chi connectivity index (χ4v) is 5.55. The number of allylic oxidation sites excluding steroid dienone is 1. The first kappa shape index (κ1) is 30.7. The topological polar surface area (TPSA) is 163 Å². The number of methoxy groups -OCH3 is 1. The quantitative estimate of drug-likeness (QED) is 0.144. The van der Waals surface area contributed by atoms with Crippen molar-refractivity contribution in [2.75, 3.05) is 13.7 Å². The van der Waals surface area contributed by atoms with Gasteiger partial charge in [0.15, 0.2) is 0 Å². The van der Waals surface area contributed by atoms with E-state index in [0.717, 1.165) is 11.1 Å². The lowest BCUT2D eigenvalue weighted by Gasteiger charge is -2.47. The van der Waals surface area contributed by atoms with Gasteiger partial charge in [-0.15, -0.1) is 0 Å². The van der Waals surface area contributed by atoms with Crippen LogP contribution in [0.1, 0.15) is 42.9 Å². The number of ether oxygens (including phenoxy) is 2. The predicted octanol–water partition coefficient (Wildman–Crippen LogP) is 4.08. The van der Waals surface area contributed by atoms with Crippen molar-refractivity contribution in [2.24, 2.45) is 5.41 Å². The van der Waals surface area contributed by atoms with Crippen LogP contribution in [0.4, 0.5) is 5.69 Å². The summed E-state index contributed by atoms with van der Waals surface area (Å²) in [6, 6.07) is 12.3. The number of benzene rings is 2. The summed E-state index contributed by atoms with van der Waals surface area (Å²) >= 11 is 0. The molecule has 0 saturated carbocycles. The van der Waals surface area contributed by atoms with Crippen molar-refractivity contribution >= 4 is 29.7 Å². The number of hydrogen-bond donors (Lipinski definition) is 2. The summed E-state index contributed by atoms with van der Waals surface area (Å²) < 4.78 is 12.3. The van der Waals surface area contributed by atoms with Crippen LogP contribution in [0, 0.1) is 15.5 Å². The number of carboxylic acid groups (broad SMARTS) is 1. The maximum absolute atomic E-state index is 13.1. The molecule has 0 bridgehead atoms. The van der Waals surface area contributed by atoms with Gasteiger partial charge >= 0.3 is 17.9 Å². The highest BCUT2D eigenvalue weighted by molar-refractivity contribution is 5.94. The number of esters is 2. The van der Waals surface area contributed by atoms with E-state index in [1.165, 1.54) is 31.4 Å². The second-order valence-electron chi connectivity index (χ2n) is 10.3. The molecule has 12 heteroatoms. The molecule has 0 amide bonds. The number of aliphatic carboxylic acids is 1. The summed E-state index contributed by atoms with van der Waals surface area (Å²) in [7, 11) is 1.18. The van der Waals surface area contributed by atoms with E-state index in [4.69, 9.17) is 9.47 Å². The Bertz CT molecular complexity index is 1560. The van der Waals surface area contributed by atoms with Crippen molar-refractivity contribution < 1.29 is 33.9 Å². The van der Waals surface area contributed by atoms with E-state index in [2.05, 4.69) is 10.3 Å². The van der Waals surface area contributed by atoms with E-state index in [0.29, 0.717) is 12.2 Å². The van der Waals surface area contributed by atoms with Crippen molar-refractivity contribution in [3.63, 3.8) is 0 Å². The molecule has 3 aromatic rings. The van der Waals surface area contributed by atoms with Crippen molar-refractivity contribution in [1.29, 1.82) is 0 Å². The maximum Gasteiger partial charge on any atom is 0.336 e. The Labute approximate surface area is 247 Å². The maximum atomic E-state index is 13.1. The number of carbonyl (C=O) groups excluding carboxylic acids is 2. The fraction of sp³-hybridized carbons (Fsp3) is 0.290. The Hall–Kier alpha value is -5.26. The summed E-state index contributed by atoms with van der Waals surface area (Å²) in [6.45, 7) is 3.64. The minimum absolute atomic E-state index is 0.0335. The lowest BCUT2D eigenvalue weighted by atomic mass is 9.60. The highest BCUT2D eigenvalue weighted by Crippen LogP contribution is 2.51. The monoisotopic (exact) mass is 588 g/mol. The third-order valence-corrected chi connectivity index (χ3v) is 7.71. The van der Waals surface area contributed by atoms with Gasteiger partial charge in [-0.1, -0.05) is 36.4 Å². The summed E-state index contributed by atoms with van der Waals surface area (Å²) in [5, 5.41) is 25.2. The summed E-state index contributed by atoms with van der Waals surface area (Å²) in [4.78, 5) is 53.6. The molecule has 1 aliphatic heterocycles. The average molecular weight is 589 g/mol. The number of non-ortho nitro benzene ring substituents is 1. The highest BCUT2D eigenvalue weighted by atomic mass is 16.6. The zero-order valence-corrected chi connectivity index (χ0v) is 23.9. The van der Waals surface area contributed by atoms with E-state index in [9.17, 15) is 29.6 Å². The number of nitro benzene ring substituents is 1. The number of aromatic nitrogens is 2. The Morgan fingerprint density at radius 1 is 1.21 bits per heavy atom. The SMILES string of the molecule is COC(=O)C1=C(C)NC(C)C(CCOC(=O)C=Cc2ccc(Cn3ccnc3)cc2)(C(=O)O)C1c1cccc([N+](=O)[O-])c1. The first-order valence-electron chi connectivity index (χ1n) is 13.5. The lowest BCUT2D eigenvalue weighted by Crippen LogP contribution is -2.57. The summed E-state index contributed by atoms with van der Waals surface area (Å²) in [6.07, 6.45) is 7.94. The Morgan fingerprint density at radius 3 is 2.58 bits per heavy atom. The van der Waals surface area contributed by atoms with E-state index in [-0.39, 0.29) is 29.9 Å². The first-order valence-corrected chi connectivity index (χ1v) is 13.5. The largest absolute Gasteiger partial charge is 0.481 e. The van der Waals surface area contributed by atoms with Gasteiger partial charge in [0.05, 0.1) is 30.5 Å². The van der Waals surface area contributed by atoms with E-state index in [1.54, 1.807) is 38.5 Å². The summed E-state index contributed by atoms with van der Waals surface area (Å²) in [5.74, 6) is -3.84. The molecule has 1 aromatic heterocycles. The lowest BCUT2D eigenvalue weighted by molar-refractivity contribution is -0.384. The zero-order valence-electron chi connectivity index (χ0n) is 23.9. The fourth-order valence-electron chi connectivity index (χ4n) is 5.55. The second-order valence-corrected chi connectivity index (χ2v) is 10.3. The van der Waals surface area contributed by atoms with Gasteiger partial charge in [0, 0.05) is 61.2 Å². The van der Waals surface area contributed by atoms with E-state index in [1.807, 2.05) is 35.0 Å². The van der Waals surface area contributed by atoms with Crippen LogP contribution in [0.25, 0.3) is 6.08 Å². The third-order valence-electron chi connectivity index (χ3n) is 7.71. The predicted molar refractivity (Wildman–Crippen MR) is 156 cm³/mol. The molecule has 3 unspecified atom stereocenters. The molecule has 0 aliphatic carbocycles. The highest BCUT2D eigenvalue weighted by Gasteiger charge is 2.56. The van der Waals surface area contributed by atoms with Crippen molar-refractivity contribution in [2.45, 2.75) is 38.8 Å². The molecule has 0 spiro atoms. The van der Waals surface area contributed by atoms with Gasteiger partial charge in [-0.3, -0.25) is 14.9 Å². The number of carbonyl (C=O) groups is 3. The molecule has 12 nitrogen and oxygen atoms in total. The van der Waals surface area contributed by atoms with Gasteiger partial charge in [0.25, 0.3) is 5.69 Å². The standard InChI is InChI=1S/C31H32N4O8/c1-20-27(29(37)42-3)28(24-5-4-6-25(17-24)35(40)41)31(30(38)39,21(2)33-20)13-16-43-26(36)12-11-22-7-9-23(10-8-22)18-34-15-14-32-19-34/h4-12,14-15,17,19,21,28,33H,13,16,18H2,1-3H3,(H,38,39). The second kappa shape index (κ2) is 13.1. The molecule has 2 N–H and O–H groups in total. The van der Waals surface area contributed by atoms with Crippen LogP contribution >= 0.6 is 0 Å². The first-order chi connectivity index (χ1) is 20.6. The number of nitrogens with one attached hydrogen (secondary N) is 1. The summed E-state index contributed by atoms with van der Waals surface area (Å²) in [5.41, 5.74) is 0.527. The minimum atomic E-state index is -1.73. The van der Waals surface area contributed by atoms with E-state index < -0.39 is 40.2 Å². The number of nitro groups is 1. The van der Waals surface area contributed by atoms with Crippen LogP contribution in [0.15, 0.2) is 84.6 Å². The Morgan fingerprint density at radius 2 is 1.95 bits per heavy atom. The molecule has 224 valence electrons. The van der Waals surface area contributed by atoms with Crippen LogP contribution < -0.4 is 5.32 Å². The average Bonchev–Trinajstić information content (AvgIpc) is 3.50. The van der Waals surface area contributed by atoms with Gasteiger partial charge < -0.3 is 24.5 Å². The molecule has 2 heterocycles. The molecule has 2 aromatic carbocycles. The van der Waals surface area contributed by atoms with Gasteiger partial charge in [-0.25, -0.2) is 14.6 Å². The van der Waals surface area contributed by atoms with Crippen LogP contribution in [0.5, 0.6) is 0 Å². The van der Waals surface area contributed by atoms with Crippen molar-refractivity contribution in [1.82, 2.24) is 14.9 Å². The normalized spacial score (nSPS) is 20.0. The zero-order chi connectivity index (χ0) is 31.1. The molecule has 3 atom stereocenters. The molecule has 4 rings (SSSR count). The molecular weight excluding hydrogens is 556 g/mol. The molecule has 0 radical (unpaired) electrons. The van der Waals surface area contributed by atoms with Gasteiger partial charge in [0.2, 0.25) is 0 Å². The number of imidazole rings is 1. The third kappa shape index (κ3) is 6.64.